The predicted molar refractivity (Wildman–Crippen MR) is 105 cm³/mol. The van der Waals surface area contributed by atoms with E-state index in [-0.39, 0.29) is 12.3 Å². The number of aromatic nitrogens is 7. The third-order valence-corrected chi connectivity index (χ3v) is 4.35. The zero-order valence-corrected chi connectivity index (χ0v) is 16.6. The van der Waals surface area contributed by atoms with Crippen LogP contribution in [0.25, 0.3) is 11.4 Å². The minimum Gasteiger partial charge on any atom is -0.481 e. The molecule has 0 fully saturated rings. The van der Waals surface area contributed by atoms with Gasteiger partial charge in [-0.2, -0.15) is 14.3 Å². The van der Waals surface area contributed by atoms with Crippen molar-refractivity contribution in [3.05, 3.63) is 64.7 Å². The molecule has 30 heavy (non-hydrogen) atoms. The quantitative estimate of drug-likeness (QED) is 0.447. The number of rotatable bonds is 7. The zero-order valence-electron chi connectivity index (χ0n) is 16.6. The van der Waals surface area contributed by atoms with Crippen LogP contribution in [0.1, 0.15) is 5.56 Å². The van der Waals surface area contributed by atoms with E-state index in [9.17, 15) is 4.79 Å². The third-order valence-electron chi connectivity index (χ3n) is 4.35. The highest BCUT2D eigenvalue weighted by molar-refractivity contribution is 5.44. The van der Waals surface area contributed by atoms with Crippen molar-refractivity contribution in [2.45, 2.75) is 6.61 Å². The summed E-state index contributed by atoms with van der Waals surface area (Å²) in [6.45, 7) is 0.189. The summed E-state index contributed by atoms with van der Waals surface area (Å²) in [4.78, 5) is 16.4. The molecule has 0 bridgehead atoms. The first-order valence-electron chi connectivity index (χ1n) is 8.96. The Kier molecular flexibility index (Phi) is 5.16. The fourth-order valence-corrected chi connectivity index (χ4v) is 2.83. The third kappa shape index (κ3) is 3.60. The molecule has 0 radical (unpaired) electrons. The highest BCUT2D eigenvalue weighted by Crippen LogP contribution is 2.24. The average molecular weight is 409 g/mol. The molecule has 154 valence electrons. The largest absolute Gasteiger partial charge is 0.481 e. The van der Waals surface area contributed by atoms with Gasteiger partial charge in [0.25, 0.3) is 0 Å². The molecule has 11 heteroatoms. The van der Waals surface area contributed by atoms with E-state index >= 15 is 0 Å². The molecule has 0 saturated carbocycles. The van der Waals surface area contributed by atoms with Gasteiger partial charge in [-0.05, 0) is 22.6 Å². The number of benzene rings is 1. The van der Waals surface area contributed by atoms with Gasteiger partial charge >= 0.3 is 5.69 Å². The standard InChI is InChI=1S/C19H19N7O4/c1-24-19(27)26(23-22-24)14-7-5-4-6-13(14)12-30-17-10-11-25(21-17)15-8-9-16(28-2)20-18(15)29-3/h4-11H,12H2,1-3H3. The lowest BCUT2D eigenvalue weighted by Crippen LogP contribution is -2.23. The Labute approximate surface area is 171 Å². The lowest BCUT2D eigenvalue weighted by atomic mass is 10.2. The van der Waals surface area contributed by atoms with Crippen LogP contribution in [0.2, 0.25) is 0 Å². The van der Waals surface area contributed by atoms with Gasteiger partial charge in [0.1, 0.15) is 12.3 Å². The summed E-state index contributed by atoms with van der Waals surface area (Å²) in [6.07, 6.45) is 1.74. The summed E-state index contributed by atoms with van der Waals surface area (Å²) in [5.74, 6) is 1.21. The molecule has 0 amide bonds. The van der Waals surface area contributed by atoms with Gasteiger partial charge in [-0.3, -0.25) is 0 Å². The summed E-state index contributed by atoms with van der Waals surface area (Å²) >= 11 is 0. The van der Waals surface area contributed by atoms with Gasteiger partial charge in [0, 0.05) is 30.9 Å². The summed E-state index contributed by atoms with van der Waals surface area (Å²) in [5.41, 5.74) is 1.65. The average Bonchev–Trinajstić information content (AvgIpc) is 3.39. The van der Waals surface area contributed by atoms with Crippen LogP contribution in [0.4, 0.5) is 0 Å². The maximum absolute atomic E-state index is 12.2. The predicted octanol–water partition coefficient (Wildman–Crippen LogP) is 1.14. The molecule has 0 aliphatic carbocycles. The molecule has 0 aliphatic rings. The second kappa shape index (κ2) is 8.07. The molecule has 0 spiro atoms. The maximum Gasteiger partial charge on any atom is 0.368 e. The van der Waals surface area contributed by atoms with E-state index in [1.807, 2.05) is 18.2 Å². The molecular formula is C19H19N7O4. The minimum atomic E-state index is -0.342. The smallest absolute Gasteiger partial charge is 0.368 e. The lowest BCUT2D eigenvalue weighted by Gasteiger charge is -2.09. The van der Waals surface area contributed by atoms with E-state index in [1.54, 1.807) is 42.2 Å². The first kappa shape index (κ1) is 19.2. The normalized spacial score (nSPS) is 10.8. The van der Waals surface area contributed by atoms with E-state index in [4.69, 9.17) is 14.2 Å². The topological polar surface area (TPSA) is 111 Å². The number of para-hydroxylation sites is 1. The van der Waals surface area contributed by atoms with Gasteiger partial charge in [0.2, 0.25) is 17.6 Å². The van der Waals surface area contributed by atoms with Gasteiger partial charge < -0.3 is 14.2 Å². The molecule has 3 heterocycles. The Morgan fingerprint density at radius 2 is 1.77 bits per heavy atom. The van der Waals surface area contributed by atoms with Crippen LogP contribution in [0.15, 0.2) is 53.5 Å². The summed E-state index contributed by atoms with van der Waals surface area (Å²) in [6, 6.07) is 12.5. The Bertz CT molecular complexity index is 1230. The van der Waals surface area contributed by atoms with Crippen molar-refractivity contribution >= 4 is 0 Å². The number of ether oxygens (including phenoxy) is 3. The zero-order chi connectivity index (χ0) is 21.1. The Hall–Kier alpha value is -4.15. The minimum absolute atomic E-state index is 0.189. The van der Waals surface area contributed by atoms with Crippen molar-refractivity contribution in [3.63, 3.8) is 0 Å². The van der Waals surface area contributed by atoms with Gasteiger partial charge in [0.15, 0.2) is 0 Å². The number of aryl methyl sites for hydroxylation is 1. The van der Waals surface area contributed by atoms with Crippen LogP contribution >= 0.6 is 0 Å². The Balaban J connectivity index is 1.55. The summed E-state index contributed by atoms with van der Waals surface area (Å²) in [5, 5.41) is 12.1. The van der Waals surface area contributed by atoms with Crippen LogP contribution in [-0.4, -0.2) is 48.8 Å². The Morgan fingerprint density at radius 1 is 0.933 bits per heavy atom. The van der Waals surface area contributed by atoms with Crippen molar-refractivity contribution in [2.75, 3.05) is 14.2 Å². The van der Waals surface area contributed by atoms with Crippen LogP contribution in [0.5, 0.6) is 17.6 Å². The molecular weight excluding hydrogens is 390 g/mol. The van der Waals surface area contributed by atoms with Crippen molar-refractivity contribution in [1.82, 2.24) is 34.6 Å². The fourth-order valence-electron chi connectivity index (χ4n) is 2.83. The molecule has 4 aromatic rings. The van der Waals surface area contributed by atoms with Crippen LogP contribution < -0.4 is 19.9 Å². The van der Waals surface area contributed by atoms with Gasteiger partial charge in [0.05, 0.1) is 19.9 Å². The van der Waals surface area contributed by atoms with Crippen molar-refractivity contribution in [1.29, 1.82) is 0 Å². The van der Waals surface area contributed by atoms with E-state index in [1.165, 1.54) is 18.9 Å². The van der Waals surface area contributed by atoms with Crippen LogP contribution in [0.3, 0.4) is 0 Å². The second-order valence-corrected chi connectivity index (χ2v) is 6.19. The van der Waals surface area contributed by atoms with Crippen molar-refractivity contribution in [2.24, 2.45) is 7.05 Å². The van der Waals surface area contributed by atoms with Gasteiger partial charge in [-0.25, -0.2) is 9.48 Å². The molecule has 0 N–H and O–H groups in total. The molecule has 0 saturated heterocycles. The summed E-state index contributed by atoms with van der Waals surface area (Å²) < 4.78 is 20.3. The maximum atomic E-state index is 12.2. The SMILES string of the molecule is COc1ccc(-n2ccc(OCc3ccccc3-n3nnn(C)c3=O)n2)c(OC)n1. The Morgan fingerprint density at radius 3 is 2.50 bits per heavy atom. The van der Waals surface area contributed by atoms with Crippen molar-refractivity contribution in [3.8, 4) is 29.0 Å². The number of tetrazole rings is 1. The monoisotopic (exact) mass is 409 g/mol. The highest BCUT2D eigenvalue weighted by Gasteiger charge is 2.13. The molecule has 0 aliphatic heterocycles. The molecule has 0 atom stereocenters. The van der Waals surface area contributed by atoms with E-state index in [2.05, 4.69) is 20.5 Å². The number of nitrogens with zero attached hydrogens (tertiary/aromatic N) is 7. The fraction of sp³-hybridized carbons (Fsp3) is 0.211. The van der Waals surface area contributed by atoms with E-state index < -0.39 is 0 Å². The van der Waals surface area contributed by atoms with Crippen LogP contribution in [-0.2, 0) is 13.7 Å². The number of pyridine rings is 1. The van der Waals surface area contributed by atoms with E-state index in [0.29, 0.717) is 29.0 Å². The van der Waals surface area contributed by atoms with Gasteiger partial charge in [-0.1, -0.05) is 18.2 Å². The van der Waals surface area contributed by atoms with Crippen LogP contribution in [0, 0.1) is 0 Å². The molecule has 4 rings (SSSR count). The summed E-state index contributed by atoms with van der Waals surface area (Å²) in [7, 11) is 4.60. The first-order chi connectivity index (χ1) is 14.6. The number of hydrogen-bond acceptors (Lipinski definition) is 8. The molecule has 3 aromatic heterocycles. The van der Waals surface area contributed by atoms with Crippen molar-refractivity contribution < 1.29 is 14.2 Å². The molecule has 1 aromatic carbocycles. The molecule has 11 nitrogen and oxygen atoms in total. The molecule has 0 unspecified atom stereocenters. The van der Waals surface area contributed by atoms with Gasteiger partial charge in [-0.15, -0.1) is 5.10 Å². The highest BCUT2D eigenvalue weighted by atomic mass is 16.5. The first-order valence-corrected chi connectivity index (χ1v) is 8.96. The second-order valence-electron chi connectivity index (χ2n) is 6.19. The van der Waals surface area contributed by atoms with E-state index in [0.717, 1.165) is 10.2 Å². The number of methoxy groups -OCH3 is 2. The number of hydrogen-bond donors (Lipinski definition) is 0. The lowest BCUT2D eigenvalue weighted by molar-refractivity contribution is 0.291.